The van der Waals surface area contributed by atoms with Crippen LogP contribution >= 0.6 is 0 Å². The predicted octanol–water partition coefficient (Wildman–Crippen LogP) is 5.62. The van der Waals surface area contributed by atoms with Crippen LogP contribution in [0.2, 0.25) is 0 Å². The maximum Gasteiger partial charge on any atom is 0.264 e. The van der Waals surface area contributed by atoms with Crippen molar-refractivity contribution < 1.29 is 22.7 Å². The lowest BCUT2D eigenvalue weighted by atomic mass is 9.81. The summed E-state index contributed by atoms with van der Waals surface area (Å²) in [5, 5.41) is 0.368. The van der Waals surface area contributed by atoms with E-state index in [1.54, 1.807) is 27.0 Å². The van der Waals surface area contributed by atoms with E-state index in [1.807, 2.05) is 18.2 Å². The quantitative estimate of drug-likeness (QED) is 0.369. The molecule has 0 spiro atoms. The summed E-state index contributed by atoms with van der Waals surface area (Å²) in [6, 6.07) is 12.5. The SMILES string of the molecule is COc1ccc2c(c1)[C@@H]1C[C@]1(C(=O)N1[C@@H]3CC[C@H]1CN(C)C3)Cn1c-2c(C2CCCCC2)c2ccc(C(=O)NS(=O)(=O)C(C)C)cc21. The number of fused-ring (bicyclic) bond motifs is 9. The molecule has 5 aliphatic rings. The van der Waals surface area contributed by atoms with Gasteiger partial charge in [0.1, 0.15) is 5.75 Å². The first-order valence-corrected chi connectivity index (χ1v) is 19.0. The van der Waals surface area contributed by atoms with Crippen LogP contribution < -0.4 is 9.46 Å². The molecule has 47 heavy (non-hydrogen) atoms. The molecule has 0 unspecified atom stereocenters. The number of sulfonamides is 1. The van der Waals surface area contributed by atoms with Gasteiger partial charge in [-0.1, -0.05) is 25.3 Å². The molecule has 4 atom stereocenters. The molecule has 2 bridgehead atoms. The number of aromatic nitrogens is 1. The molecule has 8 rings (SSSR count). The molecule has 2 amide bonds. The van der Waals surface area contributed by atoms with Crippen molar-refractivity contribution in [2.45, 2.75) is 101 Å². The van der Waals surface area contributed by atoms with E-state index >= 15 is 0 Å². The van der Waals surface area contributed by atoms with Gasteiger partial charge in [-0.05, 0) is 100 Å². The number of rotatable bonds is 6. The first-order chi connectivity index (χ1) is 22.5. The number of hydrogen-bond donors (Lipinski definition) is 1. The third-order valence-corrected chi connectivity index (χ3v) is 13.7. The Kier molecular flexibility index (Phi) is 7.30. The average molecular weight is 659 g/mol. The van der Waals surface area contributed by atoms with Crippen LogP contribution in [0.5, 0.6) is 5.75 Å². The van der Waals surface area contributed by atoms with E-state index in [1.165, 1.54) is 30.4 Å². The van der Waals surface area contributed by atoms with E-state index in [0.29, 0.717) is 18.0 Å². The highest BCUT2D eigenvalue weighted by atomic mass is 32.2. The summed E-state index contributed by atoms with van der Waals surface area (Å²) in [5.74, 6) is 0.885. The third-order valence-electron chi connectivity index (χ3n) is 12.0. The zero-order valence-corrected chi connectivity index (χ0v) is 28.7. The minimum absolute atomic E-state index is 0.0796. The van der Waals surface area contributed by atoms with Gasteiger partial charge in [-0.3, -0.25) is 9.59 Å². The molecule has 3 aliphatic heterocycles. The molecule has 250 valence electrons. The van der Waals surface area contributed by atoms with Crippen LogP contribution in [0.4, 0.5) is 0 Å². The number of carbonyl (C=O) groups is 2. The molecule has 3 aromatic rings. The van der Waals surface area contributed by atoms with Crippen LogP contribution in [0.25, 0.3) is 22.2 Å². The number of amides is 2. The summed E-state index contributed by atoms with van der Waals surface area (Å²) >= 11 is 0. The smallest absolute Gasteiger partial charge is 0.264 e. The molecule has 0 radical (unpaired) electrons. The molecule has 10 heteroatoms. The zero-order valence-electron chi connectivity index (χ0n) is 27.9. The maximum atomic E-state index is 15.0. The molecular formula is C37H46N4O5S. The van der Waals surface area contributed by atoms with E-state index in [-0.39, 0.29) is 23.9 Å². The lowest BCUT2D eigenvalue weighted by Crippen LogP contribution is -2.57. The number of likely N-dealkylation sites (N-methyl/N-ethyl adjacent to an activating group) is 1. The standard InChI is InChI=1S/C37H46N4O5S/c1-22(2)47(44,45)38-35(42)24-10-14-29-32(16-24)40-21-37(36(43)41-25-11-12-26(41)20-39(3)19-25)18-31(37)30-17-27(46-4)13-15-28(30)34(40)33(29)23-8-6-5-7-9-23/h10,13-17,22-23,25-26,31H,5-9,11-12,18-21H2,1-4H3,(H,38,42)/t25-,26+,31-,37-/m0/s1. The number of carbonyl (C=O) groups excluding carboxylic acids is 2. The van der Waals surface area contributed by atoms with Gasteiger partial charge in [0.25, 0.3) is 5.91 Å². The molecule has 1 N–H and O–H groups in total. The number of hydrogen-bond acceptors (Lipinski definition) is 6. The molecular weight excluding hydrogens is 612 g/mol. The van der Waals surface area contributed by atoms with Gasteiger partial charge in [-0.25, -0.2) is 13.1 Å². The van der Waals surface area contributed by atoms with Crippen molar-refractivity contribution in [1.29, 1.82) is 0 Å². The van der Waals surface area contributed by atoms with E-state index in [4.69, 9.17) is 4.74 Å². The number of methoxy groups -OCH3 is 1. The fourth-order valence-corrected chi connectivity index (χ4v) is 10.0. The molecule has 4 fully saturated rings. The van der Waals surface area contributed by atoms with Gasteiger partial charge >= 0.3 is 0 Å². The Morgan fingerprint density at radius 2 is 1.70 bits per heavy atom. The van der Waals surface area contributed by atoms with Crippen LogP contribution in [0.3, 0.4) is 0 Å². The highest BCUT2D eigenvalue weighted by Gasteiger charge is 2.65. The summed E-state index contributed by atoms with van der Waals surface area (Å²) in [6.45, 7) is 5.48. The first-order valence-electron chi connectivity index (χ1n) is 17.4. The van der Waals surface area contributed by atoms with Crippen molar-refractivity contribution in [3.05, 3.63) is 53.1 Å². The van der Waals surface area contributed by atoms with Crippen molar-refractivity contribution in [2.75, 3.05) is 27.2 Å². The Labute approximate surface area is 277 Å². The molecule has 2 saturated heterocycles. The van der Waals surface area contributed by atoms with E-state index in [0.717, 1.165) is 73.1 Å². The van der Waals surface area contributed by atoms with Gasteiger partial charge in [-0.15, -0.1) is 0 Å². The highest BCUT2D eigenvalue weighted by Crippen LogP contribution is 2.66. The number of likely N-dealkylation sites (tertiary alicyclic amines) is 1. The normalized spacial score (nSPS) is 27.3. The monoisotopic (exact) mass is 658 g/mol. The van der Waals surface area contributed by atoms with Crippen molar-refractivity contribution in [1.82, 2.24) is 19.1 Å². The van der Waals surface area contributed by atoms with Crippen LogP contribution in [-0.4, -0.2) is 79.2 Å². The second kappa shape index (κ2) is 11.1. The summed E-state index contributed by atoms with van der Waals surface area (Å²) < 4.78 is 35.7. The predicted molar refractivity (Wildman–Crippen MR) is 182 cm³/mol. The van der Waals surface area contributed by atoms with Crippen LogP contribution in [0, 0.1) is 5.41 Å². The minimum atomic E-state index is -3.80. The Bertz CT molecular complexity index is 1880. The second-order valence-corrected chi connectivity index (χ2v) is 17.4. The Morgan fingerprint density at radius 1 is 0.979 bits per heavy atom. The van der Waals surface area contributed by atoms with Crippen LogP contribution in [0.15, 0.2) is 36.4 Å². The summed E-state index contributed by atoms with van der Waals surface area (Å²) in [7, 11) is 0.0575. The van der Waals surface area contributed by atoms with Crippen molar-refractivity contribution in [3.8, 4) is 17.0 Å². The topological polar surface area (TPSA) is 101 Å². The molecule has 2 aromatic carbocycles. The zero-order chi connectivity index (χ0) is 32.8. The van der Waals surface area contributed by atoms with Gasteiger partial charge in [0.2, 0.25) is 15.9 Å². The van der Waals surface area contributed by atoms with Crippen molar-refractivity contribution in [2.24, 2.45) is 5.41 Å². The molecule has 1 aromatic heterocycles. The van der Waals surface area contributed by atoms with Crippen LogP contribution in [0.1, 0.15) is 98.5 Å². The van der Waals surface area contributed by atoms with Gasteiger partial charge in [-0.2, -0.15) is 0 Å². The Balaban J connectivity index is 1.32. The fourth-order valence-electron chi connectivity index (χ4n) is 9.43. The molecule has 9 nitrogen and oxygen atoms in total. The fraction of sp³-hybridized carbons (Fsp3) is 0.568. The summed E-state index contributed by atoms with van der Waals surface area (Å²) in [6.07, 6.45) is 8.67. The lowest BCUT2D eigenvalue weighted by Gasteiger charge is -2.41. The van der Waals surface area contributed by atoms with Gasteiger partial charge in [0, 0.05) is 59.7 Å². The lowest BCUT2D eigenvalue weighted by molar-refractivity contribution is -0.143. The maximum absolute atomic E-state index is 15.0. The minimum Gasteiger partial charge on any atom is -0.497 e. The third kappa shape index (κ3) is 4.84. The van der Waals surface area contributed by atoms with E-state index < -0.39 is 26.6 Å². The number of piperazine rings is 1. The number of ether oxygens (including phenoxy) is 1. The van der Waals surface area contributed by atoms with Crippen molar-refractivity contribution in [3.63, 3.8) is 0 Å². The summed E-state index contributed by atoms with van der Waals surface area (Å²) in [4.78, 5) is 33.0. The molecule has 2 aliphatic carbocycles. The van der Waals surface area contributed by atoms with Gasteiger partial charge in [0.15, 0.2) is 0 Å². The van der Waals surface area contributed by atoms with E-state index in [9.17, 15) is 18.0 Å². The van der Waals surface area contributed by atoms with E-state index in [2.05, 4.69) is 38.3 Å². The molecule has 2 saturated carbocycles. The Hall–Kier alpha value is -3.37. The largest absolute Gasteiger partial charge is 0.497 e. The van der Waals surface area contributed by atoms with Crippen molar-refractivity contribution >= 4 is 32.7 Å². The average Bonchev–Trinajstić information content (AvgIpc) is 3.64. The molecule has 4 heterocycles. The van der Waals surface area contributed by atoms with Crippen LogP contribution in [-0.2, 0) is 21.4 Å². The first kappa shape index (κ1) is 30.9. The second-order valence-electron chi connectivity index (χ2n) is 15.1. The number of nitrogens with one attached hydrogen (secondary N) is 1. The highest BCUT2D eigenvalue weighted by molar-refractivity contribution is 7.90. The van der Waals surface area contributed by atoms with Gasteiger partial charge < -0.3 is 19.1 Å². The summed E-state index contributed by atoms with van der Waals surface area (Å²) in [5.41, 5.74) is 5.40. The number of benzene rings is 2. The number of nitrogens with zero attached hydrogens (tertiary/aromatic N) is 3. The van der Waals surface area contributed by atoms with Gasteiger partial charge in [0.05, 0.1) is 23.5 Å². The Morgan fingerprint density at radius 3 is 2.38 bits per heavy atom.